The molecule has 0 aliphatic carbocycles. The Morgan fingerprint density at radius 3 is 2.33 bits per heavy atom. The van der Waals surface area contributed by atoms with Crippen LogP contribution in [0.2, 0.25) is 0 Å². The van der Waals surface area contributed by atoms with Gasteiger partial charge in [0.25, 0.3) is 11.6 Å². The molecule has 0 bridgehead atoms. The molecule has 3 aromatic carbocycles. The molecule has 1 amide bonds. The van der Waals surface area contributed by atoms with Gasteiger partial charge in [0.2, 0.25) is 0 Å². The number of benzene rings is 3. The first kappa shape index (κ1) is 25.9. The Balaban J connectivity index is 1.86. The molecule has 1 N–H and O–H groups in total. The van der Waals surface area contributed by atoms with Crippen LogP contribution in [0.1, 0.15) is 18.1 Å². The topological polar surface area (TPSA) is 149 Å². The summed E-state index contributed by atoms with van der Waals surface area (Å²) in [6.45, 7) is 3.78. The Kier molecular flexibility index (Phi) is 8.03. The molecular formula is C25H21N3O7S. The van der Waals surface area contributed by atoms with E-state index in [1.807, 2.05) is 25.1 Å². The molecular weight excluding hydrogens is 486 g/mol. The number of hydrogen-bond donors (Lipinski definition) is 1. The number of amides is 1. The Bertz CT molecular complexity index is 1460. The highest BCUT2D eigenvalue weighted by Gasteiger charge is 2.21. The predicted molar refractivity (Wildman–Crippen MR) is 132 cm³/mol. The standard InChI is InChI=1S/C25H21N3O7S/c1-3-34-24-15-18(14-19(16-26)25(29)27-20-7-4-17(2)5-8-20)6-13-23(24)35-36(32,33)22-11-9-21(10-12-22)28(30)31/h4-15H,3H2,1-2H3,(H,27,29)/b19-14-. The van der Waals surface area contributed by atoms with Gasteiger partial charge in [-0.1, -0.05) is 23.8 Å². The van der Waals surface area contributed by atoms with Crippen LogP contribution in [0.15, 0.2) is 77.2 Å². The lowest BCUT2D eigenvalue weighted by Crippen LogP contribution is -2.13. The molecule has 3 aromatic rings. The van der Waals surface area contributed by atoms with Crippen LogP contribution in [0.3, 0.4) is 0 Å². The van der Waals surface area contributed by atoms with E-state index in [1.54, 1.807) is 19.1 Å². The van der Waals surface area contributed by atoms with Gasteiger partial charge in [0.1, 0.15) is 16.5 Å². The van der Waals surface area contributed by atoms with E-state index in [1.165, 1.54) is 24.3 Å². The van der Waals surface area contributed by atoms with Crippen molar-refractivity contribution in [2.24, 2.45) is 0 Å². The SMILES string of the molecule is CCOc1cc(/C=C(/C#N)C(=O)Nc2ccc(C)cc2)ccc1OS(=O)(=O)c1ccc([N+](=O)[O-])cc1. The number of hydrogen-bond acceptors (Lipinski definition) is 8. The molecule has 11 heteroatoms. The third-order valence-corrected chi connectivity index (χ3v) is 6.04. The summed E-state index contributed by atoms with van der Waals surface area (Å²) >= 11 is 0. The summed E-state index contributed by atoms with van der Waals surface area (Å²) in [5.74, 6) is -0.677. The average Bonchev–Trinajstić information content (AvgIpc) is 2.85. The minimum absolute atomic E-state index is 0.0629. The molecule has 0 saturated carbocycles. The van der Waals surface area contributed by atoms with Crippen molar-refractivity contribution in [3.63, 3.8) is 0 Å². The summed E-state index contributed by atoms with van der Waals surface area (Å²) < 4.78 is 36.1. The number of aryl methyl sites for hydroxylation is 1. The van der Waals surface area contributed by atoms with E-state index >= 15 is 0 Å². The first-order chi connectivity index (χ1) is 17.1. The van der Waals surface area contributed by atoms with E-state index < -0.39 is 20.9 Å². The number of nitro benzene ring substituents is 1. The molecule has 0 unspecified atom stereocenters. The molecule has 0 spiro atoms. The van der Waals surface area contributed by atoms with Crippen molar-refractivity contribution in [2.75, 3.05) is 11.9 Å². The number of nitrogens with one attached hydrogen (secondary N) is 1. The van der Waals surface area contributed by atoms with Crippen LogP contribution >= 0.6 is 0 Å². The monoisotopic (exact) mass is 507 g/mol. The lowest BCUT2D eigenvalue weighted by molar-refractivity contribution is -0.384. The quantitative estimate of drug-likeness (QED) is 0.145. The summed E-state index contributed by atoms with van der Waals surface area (Å²) in [4.78, 5) is 22.4. The number of anilines is 1. The average molecular weight is 508 g/mol. The Labute approximate surface area is 207 Å². The maximum Gasteiger partial charge on any atom is 0.339 e. The van der Waals surface area contributed by atoms with Crippen LogP contribution in [-0.4, -0.2) is 25.9 Å². The molecule has 0 saturated heterocycles. The molecule has 10 nitrogen and oxygen atoms in total. The van der Waals surface area contributed by atoms with Crippen molar-refractivity contribution in [3.8, 4) is 17.6 Å². The van der Waals surface area contributed by atoms with Crippen molar-refractivity contribution < 1.29 is 27.1 Å². The summed E-state index contributed by atoms with van der Waals surface area (Å²) in [6, 6.07) is 17.4. The Morgan fingerprint density at radius 1 is 1.08 bits per heavy atom. The van der Waals surface area contributed by atoms with E-state index in [4.69, 9.17) is 8.92 Å². The van der Waals surface area contributed by atoms with Gasteiger partial charge in [-0.3, -0.25) is 14.9 Å². The van der Waals surface area contributed by atoms with Crippen LogP contribution in [0.4, 0.5) is 11.4 Å². The third kappa shape index (κ3) is 6.46. The van der Waals surface area contributed by atoms with Gasteiger partial charge in [-0.25, -0.2) is 0 Å². The normalized spacial score (nSPS) is 11.3. The number of carbonyl (C=O) groups is 1. The minimum atomic E-state index is -4.32. The lowest BCUT2D eigenvalue weighted by atomic mass is 10.1. The number of nitriles is 1. The fourth-order valence-corrected chi connectivity index (χ4v) is 3.94. The number of carbonyl (C=O) groups excluding carboxylic acids is 1. The number of nitrogens with zero attached hydrogens (tertiary/aromatic N) is 2. The second-order valence-electron chi connectivity index (χ2n) is 7.42. The van der Waals surface area contributed by atoms with Crippen LogP contribution in [0.5, 0.6) is 11.5 Å². The molecule has 36 heavy (non-hydrogen) atoms. The lowest BCUT2D eigenvalue weighted by Gasteiger charge is -2.13. The van der Waals surface area contributed by atoms with Crippen molar-refractivity contribution >= 4 is 33.5 Å². The maximum atomic E-state index is 12.7. The number of ether oxygens (including phenoxy) is 1. The fourth-order valence-electron chi connectivity index (χ4n) is 3.00. The van der Waals surface area contributed by atoms with Gasteiger partial charge in [0, 0.05) is 17.8 Å². The number of non-ortho nitro benzene ring substituents is 1. The first-order valence-corrected chi connectivity index (χ1v) is 12.0. The zero-order valence-corrected chi connectivity index (χ0v) is 20.1. The molecule has 0 fully saturated rings. The second-order valence-corrected chi connectivity index (χ2v) is 8.96. The van der Waals surface area contributed by atoms with Crippen LogP contribution in [0, 0.1) is 28.4 Å². The van der Waals surface area contributed by atoms with E-state index in [9.17, 15) is 28.6 Å². The molecule has 0 aliphatic heterocycles. The zero-order valence-electron chi connectivity index (χ0n) is 19.3. The maximum absolute atomic E-state index is 12.7. The molecule has 0 radical (unpaired) electrons. The van der Waals surface area contributed by atoms with Crippen LogP contribution in [0.25, 0.3) is 6.08 Å². The summed E-state index contributed by atoms with van der Waals surface area (Å²) in [5, 5.41) is 22.9. The van der Waals surface area contributed by atoms with Gasteiger partial charge >= 0.3 is 10.1 Å². The van der Waals surface area contributed by atoms with Gasteiger partial charge in [0.05, 0.1) is 11.5 Å². The van der Waals surface area contributed by atoms with Gasteiger partial charge in [-0.15, -0.1) is 0 Å². The highest BCUT2D eigenvalue weighted by atomic mass is 32.2. The van der Waals surface area contributed by atoms with E-state index in [2.05, 4.69) is 5.32 Å². The predicted octanol–water partition coefficient (Wildman–Crippen LogP) is 4.62. The highest BCUT2D eigenvalue weighted by Crippen LogP contribution is 2.32. The Hall–Kier alpha value is -4.69. The smallest absolute Gasteiger partial charge is 0.339 e. The van der Waals surface area contributed by atoms with E-state index in [0.29, 0.717) is 11.3 Å². The highest BCUT2D eigenvalue weighted by molar-refractivity contribution is 7.87. The largest absolute Gasteiger partial charge is 0.490 e. The molecule has 0 heterocycles. The minimum Gasteiger partial charge on any atom is -0.490 e. The van der Waals surface area contributed by atoms with E-state index in [-0.39, 0.29) is 34.3 Å². The summed E-state index contributed by atoms with van der Waals surface area (Å²) in [5.41, 5.74) is 1.51. The van der Waals surface area contributed by atoms with E-state index in [0.717, 1.165) is 29.8 Å². The first-order valence-electron chi connectivity index (χ1n) is 10.6. The molecule has 3 rings (SSSR count). The summed E-state index contributed by atoms with van der Waals surface area (Å²) in [7, 11) is -4.32. The zero-order chi connectivity index (χ0) is 26.3. The van der Waals surface area contributed by atoms with Crippen molar-refractivity contribution in [1.29, 1.82) is 5.26 Å². The Morgan fingerprint density at radius 2 is 1.75 bits per heavy atom. The van der Waals surface area contributed by atoms with Gasteiger partial charge in [-0.2, -0.15) is 13.7 Å². The van der Waals surface area contributed by atoms with Gasteiger partial charge < -0.3 is 14.2 Å². The van der Waals surface area contributed by atoms with Crippen molar-refractivity contribution in [2.45, 2.75) is 18.7 Å². The molecule has 184 valence electrons. The third-order valence-electron chi connectivity index (χ3n) is 4.79. The van der Waals surface area contributed by atoms with Gasteiger partial charge in [0.15, 0.2) is 11.5 Å². The van der Waals surface area contributed by atoms with Crippen LogP contribution in [-0.2, 0) is 14.9 Å². The van der Waals surface area contributed by atoms with Crippen molar-refractivity contribution in [1.82, 2.24) is 0 Å². The fraction of sp³-hybridized carbons (Fsp3) is 0.120. The molecule has 0 aromatic heterocycles. The molecule has 0 atom stereocenters. The van der Waals surface area contributed by atoms with Crippen LogP contribution < -0.4 is 14.2 Å². The van der Waals surface area contributed by atoms with Gasteiger partial charge in [-0.05, 0) is 61.9 Å². The number of nitro groups is 1. The molecule has 0 aliphatic rings. The second kappa shape index (κ2) is 11.2. The van der Waals surface area contributed by atoms with Crippen molar-refractivity contribution in [3.05, 3.63) is 93.5 Å². The number of rotatable bonds is 9. The summed E-state index contributed by atoms with van der Waals surface area (Å²) in [6.07, 6.45) is 1.33.